The Bertz CT molecular complexity index is 452. The zero-order chi connectivity index (χ0) is 13.1. The van der Waals surface area contributed by atoms with Crippen LogP contribution in [0.3, 0.4) is 0 Å². The summed E-state index contributed by atoms with van der Waals surface area (Å²) in [5, 5.41) is 11.6. The number of rotatable bonds is 4. The molecule has 0 aromatic carbocycles. The summed E-state index contributed by atoms with van der Waals surface area (Å²) in [4.78, 5) is 26.4. The first-order valence-corrected chi connectivity index (χ1v) is 6.08. The van der Waals surface area contributed by atoms with Crippen molar-refractivity contribution in [1.29, 1.82) is 0 Å². The highest BCUT2D eigenvalue weighted by Gasteiger charge is 2.25. The lowest BCUT2D eigenvalue weighted by Crippen LogP contribution is -2.40. The lowest BCUT2D eigenvalue weighted by Gasteiger charge is -2.31. The van der Waals surface area contributed by atoms with E-state index in [0.717, 1.165) is 12.8 Å². The molecule has 96 valence electrons. The fourth-order valence-electron chi connectivity index (χ4n) is 1.99. The average Bonchev–Trinajstić information content (AvgIpc) is 2.26. The molecule has 0 saturated heterocycles. The van der Waals surface area contributed by atoms with Crippen LogP contribution in [0.5, 0.6) is 0 Å². The lowest BCUT2D eigenvalue weighted by molar-refractivity contribution is 0.0695. The summed E-state index contributed by atoms with van der Waals surface area (Å²) in [6.45, 7) is 1.99. The maximum Gasteiger partial charge on any atom is 0.337 e. The van der Waals surface area contributed by atoms with Crippen LogP contribution < -0.4 is 5.32 Å². The number of nitrogens with one attached hydrogen (secondary N) is 1. The molecule has 2 rings (SSSR count). The van der Waals surface area contributed by atoms with Crippen LogP contribution in [-0.2, 0) is 0 Å². The molecule has 18 heavy (non-hydrogen) atoms. The zero-order valence-corrected chi connectivity index (χ0v) is 10.2. The van der Waals surface area contributed by atoms with Crippen LogP contribution in [0.1, 0.15) is 47.0 Å². The largest absolute Gasteiger partial charge is 0.478 e. The molecule has 1 aliphatic carbocycles. The smallest absolute Gasteiger partial charge is 0.337 e. The number of aromatic carboxylic acids is 1. The molecule has 1 saturated carbocycles. The van der Waals surface area contributed by atoms with Gasteiger partial charge in [0, 0.05) is 12.2 Å². The van der Waals surface area contributed by atoms with Gasteiger partial charge in [-0.3, -0.25) is 9.78 Å². The number of nitrogens with zero attached hydrogens (tertiary/aromatic N) is 1. The molecule has 1 heterocycles. The summed E-state index contributed by atoms with van der Waals surface area (Å²) in [6, 6.07) is 2.97. The molecule has 5 nitrogen and oxygen atoms in total. The fourth-order valence-corrected chi connectivity index (χ4v) is 1.99. The molecule has 1 aliphatic rings. The number of hydrogen-bond acceptors (Lipinski definition) is 3. The predicted octanol–water partition coefficient (Wildman–Crippen LogP) is 1.70. The third-order valence-electron chi connectivity index (χ3n) is 3.46. The molecule has 0 bridgehead atoms. The Kier molecular flexibility index (Phi) is 3.60. The van der Waals surface area contributed by atoms with Gasteiger partial charge in [-0.15, -0.1) is 0 Å². The first-order valence-electron chi connectivity index (χ1n) is 6.08. The van der Waals surface area contributed by atoms with Gasteiger partial charge in [-0.2, -0.15) is 0 Å². The summed E-state index contributed by atoms with van der Waals surface area (Å²) in [6.07, 6.45) is 4.75. The Hall–Kier alpha value is -1.91. The van der Waals surface area contributed by atoms with Crippen molar-refractivity contribution in [2.24, 2.45) is 5.92 Å². The Morgan fingerprint density at radius 2 is 2.17 bits per heavy atom. The standard InChI is InChI=1S/C13H16N2O3/c1-8(9-3-2-4-9)15-12(16)11-6-5-10(7-14-11)13(17)18/h5-9H,2-4H2,1H3,(H,15,16)(H,17,18). The second-order valence-corrected chi connectivity index (χ2v) is 4.69. The molecule has 1 unspecified atom stereocenters. The van der Waals surface area contributed by atoms with E-state index in [9.17, 15) is 9.59 Å². The number of hydrogen-bond donors (Lipinski definition) is 2. The summed E-state index contributed by atoms with van der Waals surface area (Å²) < 4.78 is 0. The average molecular weight is 248 g/mol. The van der Waals surface area contributed by atoms with Gasteiger partial charge in [0.2, 0.25) is 0 Å². The maximum atomic E-state index is 11.9. The first kappa shape index (κ1) is 12.5. The highest BCUT2D eigenvalue weighted by molar-refractivity contribution is 5.93. The number of pyridine rings is 1. The summed E-state index contributed by atoms with van der Waals surface area (Å²) in [5.41, 5.74) is 0.338. The predicted molar refractivity (Wildman–Crippen MR) is 65.5 cm³/mol. The van der Waals surface area contributed by atoms with E-state index in [1.54, 1.807) is 0 Å². The minimum absolute atomic E-state index is 0.0820. The highest BCUT2D eigenvalue weighted by Crippen LogP contribution is 2.29. The van der Waals surface area contributed by atoms with E-state index in [0.29, 0.717) is 5.92 Å². The van der Waals surface area contributed by atoms with Crippen molar-refractivity contribution in [3.05, 3.63) is 29.6 Å². The van der Waals surface area contributed by atoms with Gasteiger partial charge in [0.05, 0.1) is 5.56 Å². The molecule has 2 N–H and O–H groups in total. The fraction of sp³-hybridized carbons (Fsp3) is 0.462. The summed E-state index contributed by atoms with van der Waals surface area (Å²) in [5.74, 6) is -0.726. The molecule has 0 radical (unpaired) electrons. The number of carboxylic acids is 1. The normalized spacial score (nSPS) is 16.7. The van der Waals surface area contributed by atoms with Crippen molar-refractivity contribution in [2.45, 2.75) is 32.2 Å². The zero-order valence-electron chi connectivity index (χ0n) is 10.2. The van der Waals surface area contributed by atoms with Crippen molar-refractivity contribution < 1.29 is 14.7 Å². The molecule has 1 fully saturated rings. The Labute approximate surface area is 105 Å². The van der Waals surface area contributed by atoms with Crippen molar-refractivity contribution in [3.63, 3.8) is 0 Å². The first-order chi connectivity index (χ1) is 8.58. The number of aromatic nitrogens is 1. The van der Waals surface area contributed by atoms with Crippen molar-refractivity contribution in [3.8, 4) is 0 Å². The molecule has 1 atom stereocenters. The monoisotopic (exact) mass is 248 g/mol. The van der Waals surface area contributed by atoms with Crippen molar-refractivity contribution in [2.75, 3.05) is 0 Å². The number of carbonyl (C=O) groups is 2. The van der Waals surface area contributed by atoms with Gasteiger partial charge >= 0.3 is 5.97 Å². The van der Waals surface area contributed by atoms with Gasteiger partial charge in [-0.05, 0) is 37.8 Å². The van der Waals surface area contributed by atoms with Gasteiger partial charge in [-0.25, -0.2) is 4.79 Å². The second-order valence-electron chi connectivity index (χ2n) is 4.69. The van der Waals surface area contributed by atoms with Gasteiger partial charge in [0.1, 0.15) is 5.69 Å². The molecular weight excluding hydrogens is 232 g/mol. The third-order valence-corrected chi connectivity index (χ3v) is 3.46. The van der Waals surface area contributed by atoms with Crippen LogP contribution in [0.4, 0.5) is 0 Å². The van der Waals surface area contributed by atoms with Crippen LogP contribution in [0.25, 0.3) is 0 Å². The van der Waals surface area contributed by atoms with Crippen LogP contribution in [0.2, 0.25) is 0 Å². The maximum absolute atomic E-state index is 11.9. The van der Waals surface area contributed by atoms with Crippen molar-refractivity contribution in [1.82, 2.24) is 10.3 Å². The minimum atomic E-state index is -1.04. The van der Waals surface area contributed by atoms with E-state index in [4.69, 9.17) is 5.11 Å². The van der Waals surface area contributed by atoms with E-state index in [1.807, 2.05) is 6.92 Å². The van der Waals surface area contributed by atoms with E-state index in [1.165, 1.54) is 24.8 Å². The van der Waals surface area contributed by atoms with Crippen LogP contribution in [0, 0.1) is 5.92 Å². The van der Waals surface area contributed by atoms with E-state index >= 15 is 0 Å². The van der Waals surface area contributed by atoms with Crippen LogP contribution in [0.15, 0.2) is 18.3 Å². The minimum Gasteiger partial charge on any atom is -0.478 e. The molecule has 1 aromatic heterocycles. The molecule has 5 heteroatoms. The number of amides is 1. The number of carboxylic acid groups (broad SMARTS) is 1. The quantitative estimate of drug-likeness (QED) is 0.850. The van der Waals surface area contributed by atoms with Crippen LogP contribution in [-0.4, -0.2) is 28.0 Å². The lowest BCUT2D eigenvalue weighted by atomic mass is 9.80. The number of carbonyl (C=O) groups excluding carboxylic acids is 1. The van der Waals surface area contributed by atoms with E-state index < -0.39 is 5.97 Å². The van der Waals surface area contributed by atoms with E-state index in [-0.39, 0.29) is 23.2 Å². The summed E-state index contributed by atoms with van der Waals surface area (Å²) in [7, 11) is 0. The van der Waals surface area contributed by atoms with Crippen LogP contribution >= 0.6 is 0 Å². The van der Waals surface area contributed by atoms with Gasteiger partial charge < -0.3 is 10.4 Å². The highest BCUT2D eigenvalue weighted by atomic mass is 16.4. The molecule has 0 aliphatic heterocycles. The third kappa shape index (κ3) is 2.67. The topological polar surface area (TPSA) is 79.3 Å². The second kappa shape index (κ2) is 5.16. The summed E-state index contributed by atoms with van der Waals surface area (Å²) >= 11 is 0. The Balaban J connectivity index is 1.97. The Morgan fingerprint density at radius 3 is 2.61 bits per heavy atom. The Morgan fingerprint density at radius 1 is 1.44 bits per heavy atom. The van der Waals surface area contributed by atoms with Gasteiger partial charge in [-0.1, -0.05) is 6.42 Å². The molecular formula is C13H16N2O3. The van der Waals surface area contributed by atoms with Gasteiger partial charge in [0.15, 0.2) is 0 Å². The SMILES string of the molecule is CC(NC(=O)c1ccc(C(=O)O)cn1)C1CCC1. The molecule has 1 amide bonds. The molecule has 1 aromatic rings. The van der Waals surface area contributed by atoms with Gasteiger partial charge in [0.25, 0.3) is 5.91 Å². The van der Waals surface area contributed by atoms with E-state index in [2.05, 4.69) is 10.3 Å². The van der Waals surface area contributed by atoms with Crippen molar-refractivity contribution >= 4 is 11.9 Å². The molecule has 0 spiro atoms.